The lowest BCUT2D eigenvalue weighted by Crippen LogP contribution is -2.59. The second-order valence-corrected chi connectivity index (χ2v) is 9.53. The van der Waals surface area contributed by atoms with Crippen LogP contribution in [0.2, 0.25) is 0 Å². The number of amides is 7. The van der Waals surface area contributed by atoms with Gasteiger partial charge in [-0.05, 0) is 18.4 Å². The summed E-state index contributed by atoms with van der Waals surface area (Å²) in [6.45, 7) is 0.443. The summed E-state index contributed by atoms with van der Waals surface area (Å²) in [6.07, 6.45) is -1.02. The molecule has 0 aromatic heterocycles. The smallest absolute Gasteiger partial charge is 0.245 e. The second kappa shape index (κ2) is 16.5. The Bertz CT molecular complexity index is 1110. The van der Waals surface area contributed by atoms with Crippen molar-refractivity contribution in [2.75, 3.05) is 20.7 Å². The molecule has 0 fully saturated rings. The highest BCUT2D eigenvalue weighted by Crippen LogP contribution is 2.13. The summed E-state index contributed by atoms with van der Waals surface area (Å²) in [7, 11) is 2.48. The molecular weight excluding hydrogens is 538 g/mol. The second-order valence-electron chi connectivity index (χ2n) is 9.53. The summed E-state index contributed by atoms with van der Waals surface area (Å²) < 4.78 is 0. The first kappa shape index (κ1) is 34.5. The average Bonchev–Trinajstić information content (AvgIpc) is 2.89. The van der Waals surface area contributed by atoms with Crippen molar-refractivity contribution < 1.29 is 38.7 Å². The number of hydrogen-bond donors (Lipinski definition) is 6. The van der Waals surface area contributed by atoms with Crippen LogP contribution in [0.25, 0.3) is 0 Å². The highest BCUT2D eigenvalue weighted by Gasteiger charge is 2.36. The normalized spacial score (nSPS) is 13.6. The van der Waals surface area contributed by atoms with E-state index in [1.807, 2.05) is 0 Å². The van der Waals surface area contributed by atoms with Gasteiger partial charge in [0, 0.05) is 40.3 Å². The molecule has 1 rings (SSSR count). The Kier molecular flexibility index (Phi) is 13.9. The third kappa shape index (κ3) is 11.2. The summed E-state index contributed by atoms with van der Waals surface area (Å²) in [6, 6.07) is 3.60. The highest BCUT2D eigenvalue weighted by atomic mass is 16.3. The van der Waals surface area contributed by atoms with E-state index in [0.717, 1.165) is 15.4 Å². The molecule has 1 aromatic rings. The lowest BCUT2D eigenvalue weighted by atomic mass is 10.0. The van der Waals surface area contributed by atoms with Crippen LogP contribution in [0.1, 0.15) is 38.2 Å². The molecule has 9 N–H and O–H groups in total. The lowest BCUT2D eigenvalue weighted by Gasteiger charge is -2.33. The molecule has 0 unspecified atom stereocenters. The summed E-state index contributed by atoms with van der Waals surface area (Å²) in [4.78, 5) is 88.6. The molecule has 0 aliphatic carbocycles. The van der Waals surface area contributed by atoms with Gasteiger partial charge in [0.25, 0.3) is 0 Å². The number of hydrogen-bond acceptors (Lipinski definition) is 8. The Morgan fingerprint density at radius 1 is 0.780 bits per heavy atom. The number of rotatable bonds is 17. The number of aliphatic hydroxyl groups excluding tert-OH is 1. The molecule has 0 aliphatic heterocycles. The van der Waals surface area contributed by atoms with Crippen molar-refractivity contribution in [3.8, 4) is 0 Å². The van der Waals surface area contributed by atoms with Crippen molar-refractivity contribution in [2.45, 2.75) is 63.2 Å². The van der Waals surface area contributed by atoms with Crippen LogP contribution >= 0.6 is 0 Å². The first-order valence-electron chi connectivity index (χ1n) is 12.8. The monoisotopic (exact) mass is 577 g/mol. The van der Waals surface area contributed by atoms with Crippen LogP contribution in [0.15, 0.2) is 30.3 Å². The zero-order valence-corrected chi connectivity index (χ0v) is 23.4. The Morgan fingerprint density at radius 2 is 1.29 bits per heavy atom. The zero-order chi connectivity index (χ0) is 31.3. The third-order valence-electron chi connectivity index (χ3n) is 6.35. The van der Waals surface area contributed by atoms with E-state index in [2.05, 4.69) is 10.6 Å². The van der Waals surface area contributed by atoms with E-state index in [9.17, 15) is 38.7 Å². The van der Waals surface area contributed by atoms with Crippen LogP contribution < -0.4 is 27.8 Å². The van der Waals surface area contributed by atoms with E-state index in [-0.39, 0.29) is 32.1 Å². The number of nitrogens with two attached hydrogens (primary N) is 3. The molecule has 0 radical (unpaired) electrons. The molecule has 0 saturated heterocycles. The molecule has 1 aromatic carbocycles. The fourth-order valence-electron chi connectivity index (χ4n) is 4.09. The van der Waals surface area contributed by atoms with E-state index in [4.69, 9.17) is 17.2 Å². The predicted octanol–water partition coefficient (Wildman–Crippen LogP) is -3.12. The van der Waals surface area contributed by atoms with Crippen LogP contribution in [-0.2, 0) is 40.0 Å². The van der Waals surface area contributed by atoms with Crippen molar-refractivity contribution in [3.05, 3.63) is 35.9 Å². The van der Waals surface area contributed by atoms with E-state index >= 15 is 0 Å². The number of likely N-dealkylation sites (N-methyl/N-ethyl adjacent to an activating group) is 2. The minimum atomic E-state index is -1.42. The van der Waals surface area contributed by atoms with Crippen molar-refractivity contribution in [1.29, 1.82) is 0 Å². The van der Waals surface area contributed by atoms with Gasteiger partial charge < -0.3 is 42.7 Å². The first-order valence-corrected chi connectivity index (χ1v) is 12.8. The summed E-state index contributed by atoms with van der Waals surface area (Å²) in [5, 5.41) is 14.5. The lowest BCUT2D eigenvalue weighted by molar-refractivity contribution is -0.145. The molecule has 15 heteroatoms. The predicted molar refractivity (Wildman–Crippen MR) is 146 cm³/mol. The molecule has 0 bridgehead atoms. The fraction of sp³-hybridized carbons (Fsp3) is 0.500. The number of carbonyl (C=O) groups is 7. The average molecular weight is 578 g/mol. The maximum absolute atomic E-state index is 13.5. The van der Waals surface area contributed by atoms with Crippen molar-refractivity contribution in [2.24, 2.45) is 17.2 Å². The van der Waals surface area contributed by atoms with E-state index in [0.29, 0.717) is 0 Å². The van der Waals surface area contributed by atoms with Gasteiger partial charge in [-0.3, -0.25) is 33.6 Å². The van der Waals surface area contributed by atoms with Gasteiger partial charge >= 0.3 is 0 Å². The third-order valence-corrected chi connectivity index (χ3v) is 6.35. The van der Waals surface area contributed by atoms with Gasteiger partial charge in [0.1, 0.15) is 24.2 Å². The van der Waals surface area contributed by atoms with Gasteiger partial charge in [0.05, 0.1) is 6.61 Å². The van der Waals surface area contributed by atoms with Crippen LogP contribution in [0.4, 0.5) is 0 Å². The van der Waals surface area contributed by atoms with Crippen LogP contribution in [0.3, 0.4) is 0 Å². The maximum Gasteiger partial charge on any atom is 0.245 e. The molecule has 0 saturated carbocycles. The summed E-state index contributed by atoms with van der Waals surface area (Å²) in [5.74, 6) is -5.40. The van der Waals surface area contributed by atoms with Gasteiger partial charge in [-0.1, -0.05) is 30.3 Å². The standard InChI is InChI=1S/C26H39N7O8/c1-15(35)30-18(13-16-7-5-4-6-8-16)26(41)32(2)19(10-12-22(28)37)24(39)31-17(9-11-21(27)36)25(40)33(3)20(14-34)23(29)38/h4-8,17-20,34H,9-14H2,1-3H3,(H2,27,36)(H2,28,37)(H2,29,38)(H,30,35)(H,31,39)/t17-,18-,19-,20-/m0/s1. The minimum Gasteiger partial charge on any atom is -0.394 e. The number of nitrogens with zero attached hydrogens (tertiary/aromatic N) is 2. The van der Waals surface area contributed by atoms with Crippen molar-refractivity contribution >= 4 is 41.4 Å². The first-order chi connectivity index (χ1) is 19.2. The van der Waals surface area contributed by atoms with Crippen LogP contribution in [-0.4, -0.2) is 101 Å². The van der Waals surface area contributed by atoms with Crippen LogP contribution in [0.5, 0.6) is 0 Å². The zero-order valence-electron chi connectivity index (χ0n) is 23.4. The molecule has 0 spiro atoms. The van der Waals surface area contributed by atoms with Gasteiger partial charge in [-0.15, -0.1) is 0 Å². The number of primary amides is 3. The Balaban J connectivity index is 3.32. The SMILES string of the molecule is CC(=O)N[C@@H](Cc1ccccc1)C(=O)N(C)[C@@H](CCC(N)=O)C(=O)N[C@@H](CCC(N)=O)C(=O)N(C)[C@@H](CO)C(N)=O. The number of aliphatic hydroxyl groups is 1. The van der Waals surface area contributed by atoms with Gasteiger partial charge in [0.2, 0.25) is 41.4 Å². The number of carbonyl (C=O) groups excluding carboxylic acids is 7. The number of benzene rings is 1. The van der Waals surface area contributed by atoms with E-state index in [1.165, 1.54) is 21.0 Å². The van der Waals surface area contributed by atoms with Gasteiger partial charge in [-0.25, -0.2) is 0 Å². The quantitative estimate of drug-likeness (QED) is 0.110. The molecule has 0 heterocycles. The molecule has 41 heavy (non-hydrogen) atoms. The molecule has 0 aliphatic rings. The summed E-state index contributed by atoms with van der Waals surface area (Å²) >= 11 is 0. The minimum absolute atomic E-state index is 0.105. The van der Waals surface area contributed by atoms with Crippen molar-refractivity contribution in [1.82, 2.24) is 20.4 Å². The molecular formula is C26H39N7O8. The highest BCUT2D eigenvalue weighted by molar-refractivity contribution is 5.95. The molecule has 15 nitrogen and oxygen atoms in total. The van der Waals surface area contributed by atoms with Gasteiger partial charge in [-0.2, -0.15) is 0 Å². The molecule has 4 atom stereocenters. The topological polar surface area (TPSA) is 248 Å². The number of nitrogens with one attached hydrogen (secondary N) is 2. The van der Waals surface area contributed by atoms with Gasteiger partial charge in [0.15, 0.2) is 0 Å². The summed E-state index contributed by atoms with van der Waals surface area (Å²) in [5.41, 5.74) is 16.5. The Morgan fingerprint density at radius 3 is 1.78 bits per heavy atom. The molecule has 7 amide bonds. The van der Waals surface area contributed by atoms with E-state index in [1.54, 1.807) is 30.3 Å². The van der Waals surface area contributed by atoms with E-state index < -0.39 is 72.1 Å². The Labute approximate surface area is 237 Å². The molecule has 226 valence electrons. The maximum atomic E-state index is 13.5. The Hall–Kier alpha value is -4.53. The van der Waals surface area contributed by atoms with Crippen LogP contribution in [0, 0.1) is 0 Å². The fourth-order valence-corrected chi connectivity index (χ4v) is 4.09. The van der Waals surface area contributed by atoms with Crippen molar-refractivity contribution in [3.63, 3.8) is 0 Å². The largest absolute Gasteiger partial charge is 0.394 e.